The third-order valence-corrected chi connectivity index (χ3v) is 2.74. The fourth-order valence-corrected chi connectivity index (χ4v) is 1.77. The van der Waals surface area contributed by atoms with E-state index in [4.69, 9.17) is 23.2 Å². The van der Waals surface area contributed by atoms with Gasteiger partial charge in [0.05, 0.1) is 24.6 Å². The Labute approximate surface area is 117 Å². The minimum absolute atomic E-state index is 0.0189. The lowest BCUT2D eigenvalue weighted by Crippen LogP contribution is -2.03. The molecule has 8 heteroatoms. The molecule has 6 nitrogen and oxygen atoms in total. The first-order valence-corrected chi connectivity index (χ1v) is 5.79. The molecule has 0 fully saturated rings. The number of rotatable bonds is 3. The summed E-state index contributed by atoms with van der Waals surface area (Å²) in [7, 11) is 1.23. The summed E-state index contributed by atoms with van der Waals surface area (Å²) in [6, 6.07) is 4.53. The molecule has 1 aromatic heterocycles. The van der Waals surface area contributed by atoms with Crippen LogP contribution in [-0.2, 0) is 4.74 Å². The molecule has 0 radical (unpaired) electrons. The molecule has 2 aromatic rings. The average Bonchev–Trinajstić information content (AvgIpc) is 2.87. The number of benzene rings is 1. The highest BCUT2D eigenvalue weighted by Crippen LogP contribution is 2.21. The molecule has 1 heterocycles. The van der Waals surface area contributed by atoms with Gasteiger partial charge in [-0.1, -0.05) is 16.8 Å². The molecule has 0 saturated carbocycles. The fraction of sp³-hybridized carbons (Fsp3) is 0.0909. The summed E-state index contributed by atoms with van der Waals surface area (Å²) >= 11 is 11.3. The smallest absolute Gasteiger partial charge is 0.360 e. The maximum atomic E-state index is 11.3. The number of nitrogens with zero attached hydrogens (tertiary/aromatic N) is 3. The number of halogens is 2. The molecular formula is C11H7Cl2N3O3. The van der Waals surface area contributed by atoms with E-state index in [2.05, 4.69) is 15.0 Å². The number of aromatic nitrogens is 3. The molecule has 0 bridgehead atoms. The zero-order valence-corrected chi connectivity index (χ0v) is 11.1. The molecule has 0 aliphatic heterocycles. The minimum atomic E-state index is -0.687. The average molecular weight is 300 g/mol. The van der Waals surface area contributed by atoms with Gasteiger partial charge in [-0.15, -0.1) is 5.10 Å². The van der Waals surface area contributed by atoms with Crippen molar-refractivity contribution >= 4 is 34.4 Å². The Hall–Kier alpha value is -1.92. The monoisotopic (exact) mass is 299 g/mol. The summed E-state index contributed by atoms with van der Waals surface area (Å²) in [5.41, 5.74) is 0.549. The van der Waals surface area contributed by atoms with Crippen molar-refractivity contribution in [3.05, 3.63) is 40.7 Å². The second kappa shape index (κ2) is 5.38. The summed E-state index contributed by atoms with van der Waals surface area (Å²) in [6.45, 7) is 0. The highest BCUT2D eigenvalue weighted by Gasteiger charge is 2.16. The Morgan fingerprint density at radius 3 is 2.74 bits per heavy atom. The van der Waals surface area contributed by atoms with Crippen LogP contribution in [0.4, 0.5) is 0 Å². The van der Waals surface area contributed by atoms with E-state index in [9.17, 15) is 9.59 Å². The van der Waals surface area contributed by atoms with E-state index in [0.717, 1.165) is 0 Å². The van der Waals surface area contributed by atoms with Gasteiger partial charge in [0.25, 0.3) is 5.24 Å². The molecule has 0 spiro atoms. The summed E-state index contributed by atoms with van der Waals surface area (Å²) < 4.78 is 5.76. The highest BCUT2D eigenvalue weighted by atomic mass is 35.5. The molecule has 0 unspecified atom stereocenters. The van der Waals surface area contributed by atoms with Gasteiger partial charge in [0.1, 0.15) is 0 Å². The van der Waals surface area contributed by atoms with Gasteiger partial charge in [0.15, 0.2) is 5.69 Å². The molecule has 1 aromatic carbocycles. The van der Waals surface area contributed by atoms with Gasteiger partial charge in [-0.05, 0) is 29.8 Å². The summed E-state index contributed by atoms with van der Waals surface area (Å²) in [4.78, 5) is 22.6. The van der Waals surface area contributed by atoms with Crippen LogP contribution in [0.2, 0.25) is 5.02 Å². The van der Waals surface area contributed by atoms with E-state index in [1.807, 2.05) is 0 Å². The van der Waals surface area contributed by atoms with E-state index in [1.165, 1.54) is 24.1 Å². The minimum Gasteiger partial charge on any atom is -0.464 e. The molecule has 2 rings (SSSR count). The Morgan fingerprint density at radius 2 is 2.11 bits per heavy atom. The zero-order chi connectivity index (χ0) is 14.0. The van der Waals surface area contributed by atoms with Crippen molar-refractivity contribution in [1.82, 2.24) is 15.0 Å². The SMILES string of the molecule is COC(=O)c1cn(-c2ccc(Cl)cc2C(=O)Cl)nn1. The quantitative estimate of drug-likeness (QED) is 0.641. The number of carbonyl (C=O) groups excluding carboxylic acids is 2. The van der Waals surface area contributed by atoms with Gasteiger partial charge < -0.3 is 4.74 Å². The van der Waals surface area contributed by atoms with E-state index < -0.39 is 11.2 Å². The topological polar surface area (TPSA) is 74.1 Å². The van der Waals surface area contributed by atoms with Crippen LogP contribution in [0.15, 0.2) is 24.4 Å². The third kappa shape index (κ3) is 2.74. The summed E-state index contributed by atoms with van der Waals surface area (Å²) in [5.74, 6) is -0.626. The Balaban J connectivity index is 2.50. The lowest BCUT2D eigenvalue weighted by atomic mass is 10.2. The Bertz CT molecular complexity index is 654. The maximum absolute atomic E-state index is 11.3. The lowest BCUT2D eigenvalue weighted by Gasteiger charge is -2.05. The number of ether oxygens (including phenoxy) is 1. The van der Waals surface area contributed by atoms with Crippen LogP contribution in [0, 0.1) is 0 Å². The second-order valence-corrected chi connectivity index (χ2v) is 4.25. The number of carbonyl (C=O) groups is 2. The van der Waals surface area contributed by atoms with Crippen molar-refractivity contribution in [3.8, 4) is 5.69 Å². The van der Waals surface area contributed by atoms with Crippen LogP contribution in [-0.4, -0.2) is 33.3 Å². The van der Waals surface area contributed by atoms with E-state index in [0.29, 0.717) is 10.7 Å². The summed E-state index contributed by atoms with van der Waals surface area (Å²) in [5, 5.41) is 7.05. The van der Waals surface area contributed by atoms with Crippen LogP contribution in [0.3, 0.4) is 0 Å². The van der Waals surface area contributed by atoms with Crippen molar-refractivity contribution in [2.75, 3.05) is 7.11 Å². The van der Waals surface area contributed by atoms with Gasteiger partial charge in [0.2, 0.25) is 0 Å². The molecule has 0 amide bonds. The molecule has 0 saturated heterocycles. The largest absolute Gasteiger partial charge is 0.464 e. The molecule has 19 heavy (non-hydrogen) atoms. The van der Waals surface area contributed by atoms with Crippen molar-refractivity contribution in [2.45, 2.75) is 0 Å². The number of esters is 1. The van der Waals surface area contributed by atoms with Gasteiger partial charge in [-0.2, -0.15) is 0 Å². The molecule has 98 valence electrons. The van der Waals surface area contributed by atoms with Gasteiger partial charge >= 0.3 is 5.97 Å². The number of hydrogen-bond donors (Lipinski definition) is 0. The standard InChI is InChI=1S/C11H7Cl2N3O3/c1-19-11(18)8-5-16(15-14-8)9-3-2-6(12)4-7(9)10(13)17/h2-5H,1H3. The van der Waals surface area contributed by atoms with Crippen LogP contribution in [0.5, 0.6) is 0 Å². The van der Waals surface area contributed by atoms with Crippen LogP contribution >= 0.6 is 23.2 Å². The maximum Gasteiger partial charge on any atom is 0.360 e. The van der Waals surface area contributed by atoms with Crippen molar-refractivity contribution < 1.29 is 14.3 Å². The summed E-state index contributed by atoms with van der Waals surface area (Å²) in [6.07, 6.45) is 1.33. The predicted octanol–water partition coefficient (Wildman–Crippen LogP) is 2.09. The predicted molar refractivity (Wildman–Crippen MR) is 67.9 cm³/mol. The fourth-order valence-electron chi connectivity index (χ4n) is 1.45. The first-order chi connectivity index (χ1) is 9.02. The zero-order valence-electron chi connectivity index (χ0n) is 9.63. The lowest BCUT2D eigenvalue weighted by molar-refractivity contribution is 0.0594. The first-order valence-electron chi connectivity index (χ1n) is 5.03. The van der Waals surface area contributed by atoms with Crippen molar-refractivity contribution in [1.29, 1.82) is 0 Å². The van der Waals surface area contributed by atoms with Crippen LogP contribution in [0.25, 0.3) is 5.69 Å². The van der Waals surface area contributed by atoms with Crippen LogP contribution < -0.4 is 0 Å². The molecular weight excluding hydrogens is 293 g/mol. The number of methoxy groups -OCH3 is 1. The van der Waals surface area contributed by atoms with Gasteiger partial charge in [-0.25, -0.2) is 9.48 Å². The van der Waals surface area contributed by atoms with E-state index >= 15 is 0 Å². The van der Waals surface area contributed by atoms with Gasteiger partial charge in [0, 0.05) is 5.02 Å². The van der Waals surface area contributed by atoms with Gasteiger partial charge in [-0.3, -0.25) is 4.79 Å². The Kier molecular flexibility index (Phi) is 3.82. The molecule has 0 aliphatic carbocycles. The first kappa shape index (κ1) is 13.5. The number of hydrogen-bond acceptors (Lipinski definition) is 5. The second-order valence-electron chi connectivity index (χ2n) is 3.48. The van der Waals surface area contributed by atoms with E-state index in [1.54, 1.807) is 12.1 Å². The van der Waals surface area contributed by atoms with E-state index in [-0.39, 0.29) is 11.3 Å². The van der Waals surface area contributed by atoms with Crippen molar-refractivity contribution in [2.24, 2.45) is 0 Å². The van der Waals surface area contributed by atoms with Crippen LogP contribution in [0.1, 0.15) is 20.8 Å². The Morgan fingerprint density at radius 1 is 1.37 bits per heavy atom. The molecule has 0 atom stereocenters. The highest BCUT2D eigenvalue weighted by molar-refractivity contribution is 6.68. The molecule has 0 aliphatic rings. The normalized spacial score (nSPS) is 10.3. The molecule has 0 N–H and O–H groups in total. The third-order valence-electron chi connectivity index (χ3n) is 2.31. The van der Waals surface area contributed by atoms with Crippen molar-refractivity contribution in [3.63, 3.8) is 0 Å².